The summed E-state index contributed by atoms with van der Waals surface area (Å²) in [6.07, 6.45) is 3.62. The fourth-order valence-electron chi connectivity index (χ4n) is 2.96. The summed E-state index contributed by atoms with van der Waals surface area (Å²) in [5.41, 5.74) is 0. The molecule has 18 heavy (non-hydrogen) atoms. The molecule has 1 aliphatic heterocycles. The average molecular weight is 295 g/mol. The Morgan fingerprint density at radius 2 is 2.11 bits per heavy atom. The van der Waals surface area contributed by atoms with Crippen LogP contribution in [-0.4, -0.2) is 49.4 Å². The summed E-state index contributed by atoms with van der Waals surface area (Å²) in [6, 6.07) is 0.0631. The van der Waals surface area contributed by atoms with Crippen molar-refractivity contribution in [2.45, 2.75) is 31.7 Å². The van der Waals surface area contributed by atoms with Gasteiger partial charge >= 0.3 is 0 Å². The zero-order valence-corrected chi connectivity index (χ0v) is 11.8. The predicted molar refractivity (Wildman–Crippen MR) is 70.0 cm³/mol. The first kappa shape index (κ1) is 14.1. The summed E-state index contributed by atoms with van der Waals surface area (Å²) in [5, 5.41) is 2.76. The third-order valence-electron chi connectivity index (χ3n) is 3.81. The fourth-order valence-corrected chi connectivity index (χ4v) is 4.88. The van der Waals surface area contributed by atoms with Crippen LogP contribution in [0.3, 0.4) is 0 Å². The van der Waals surface area contributed by atoms with E-state index in [2.05, 4.69) is 5.32 Å². The van der Waals surface area contributed by atoms with E-state index in [-0.39, 0.29) is 29.5 Å². The van der Waals surface area contributed by atoms with Gasteiger partial charge in [0.05, 0.1) is 5.75 Å². The molecule has 1 N–H and O–H groups in total. The highest BCUT2D eigenvalue weighted by Gasteiger charge is 2.40. The summed E-state index contributed by atoms with van der Waals surface area (Å²) in [4.78, 5) is 11.1. The second-order valence-corrected chi connectivity index (χ2v) is 7.28. The SMILES string of the molecule is O=C(CCl)NCC1CCCC1N1CCCS1(=O)=O. The summed E-state index contributed by atoms with van der Waals surface area (Å²) in [6.45, 7) is 1.16. The van der Waals surface area contributed by atoms with Crippen LogP contribution in [0.25, 0.3) is 0 Å². The van der Waals surface area contributed by atoms with Gasteiger partial charge in [0, 0.05) is 19.1 Å². The molecule has 0 aromatic rings. The van der Waals surface area contributed by atoms with Crippen LogP contribution >= 0.6 is 11.6 Å². The third kappa shape index (κ3) is 2.97. The molecule has 0 aromatic carbocycles. The molecule has 1 aliphatic carbocycles. The van der Waals surface area contributed by atoms with Crippen LogP contribution < -0.4 is 5.32 Å². The molecule has 1 saturated carbocycles. The van der Waals surface area contributed by atoms with Crippen molar-refractivity contribution in [2.24, 2.45) is 5.92 Å². The van der Waals surface area contributed by atoms with Gasteiger partial charge in [-0.1, -0.05) is 6.42 Å². The highest BCUT2D eigenvalue weighted by Crippen LogP contribution is 2.33. The summed E-state index contributed by atoms with van der Waals surface area (Å²) >= 11 is 5.43. The number of carbonyl (C=O) groups is 1. The van der Waals surface area contributed by atoms with Crippen LogP contribution in [0.5, 0.6) is 0 Å². The first-order valence-corrected chi connectivity index (χ1v) is 8.51. The van der Waals surface area contributed by atoms with E-state index in [1.807, 2.05) is 0 Å². The minimum absolute atomic E-state index is 0.0423. The van der Waals surface area contributed by atoms with Crippen molar-refractivity contribution in [1.29, 1.82) is 0 Å². The van der Waals surface area contributed by atoms with Gasteiger partial charge in [0.25, 0.3) is 0 Å². The maximum atomic E-state index is 11.9. The molecule has 0 bridgehead atoms. The number of alkyl halides is 1. The van der Waals surface area contributed by atoms with Crippen molar-refractivity contribution in [3.05, 3.63) is 0 Å². The summed E-state index contributed by atoms with van der Waals surface area (Å²) in [5.74, 6) is 0.264. The van der Waals surface area contributed by atoms with E-state index < -0.39 is 10.0 Å². The van der Waals surface area contributed by atoms with Gasteiger partial charge in [-0.25, -0.2) is 8.42 Å². The number of nitrogens with one attached hydrogen (secondary N) is 1. The van der Waals surface area contributed by atoms with E-state index in [0.29, 0.717) is 13.1 Å². The number of amides is 1. The van der Waals surface area contributed by atoms with Gasteiger partial charge in [0.2, 0.25) is 15.9 Å². The Labute approximate surface area is 113 Å². The lowest BCUT2D eigenvalue weighted by molar-refractivity contribution is -0.118. The number of sulfonamides is 1. The molecule has 1 heterocycles. The smallest absolute Gasteiger partial charge is 0.234 e. The molecule has 2 unspecified atom stereocenters. The van der Waals surface area contributed by atoms with Crippen LogP contribution in [0.15, 0.2) is 0 Å². The van der Waals surface area contributed by atoms with Crippen molar-refractivity contribution in [1.82, 2.24) is 9.62 Å². The van der Waals surface area contributed by atoms with Crippen molar-refractivity contribution >= 4 is 27.5 Å². The van der Waals surface area contributed by atoms with Gasteiger partial charge in [0.15, 0.2) is 0 Å². The highest BCUT2D eigenvalue weighted by molar-refractivity contribution is 7.89. The number of rotatable bonds is 4. The second-order valence-electron chi connectivity index (χ2n) is 4.98. The van der Waals surface area contributed by atoms with Crippen molar-refractivity contribution in [3.63, 3.8) is 0 Å². The van der Waals surface area contributed by atoms with Gasteiger partial charge in [-0.2, -0.15) is 4.31 Å². The molecule has 0 spiro atoms. The first-order chi connectivity index (χ1) is 8.54. The van der Waals surface area contributed by atoms with E-state index in [1.165, 1.54) is 0 Å². The van der Waals surface area contributed by atoms with Crippen molar-refractivity contribution in [2.75, 3.05) is 24.7 Å². The predicted octanol–water partition coefficient (Wildman–Crippen LogP) is 0.546. The zero-order valence-electron chi connectivity index (χ0n) is 10.3. The normalized spacial score (nSPS) is 31.6. The van der Waals surface area contributed by atoms with Gasteiger partial charge in [0.1, 0.15) is 5.88 Å². The molecule has 7 heteroatoms. The molecular weight excluding hydrogens is 276 g/mol. The lowest BCUT2D eigenvalue weighted by atomic mass is 10.0. The molecular formula is C11H19ClN2O3S. The Hall–Kier alpha value is -0.330. The number of hydrogen-bond acceptors (Lipinski definition) is 3. The first-order valence-electron chi connectivity index (χ1n) is 6.37. The van der Waals surface area contributed by atoms with Crippen LogP contribution in [-0.2, 0) is 14.8 Å². The third-order valence-corrected chi connectivity index (χ3v) is 6.03. The fraction of sp³-hybridized carbons (Fsp3) is 0.909. The largest absolute Gasteiger partial charge is 0.355 e. The van der Waals surface area contributed by atoms with E-state index in [1.54, 1.807) is 4.31 Å². The van der Waals surface area contributed by atoms with E-state index in [0.717, 1.165) is 25.7 Å². The number of halogens is 1. The quantitative estimate of drug-likeness (QED) is 0.770. The maximum absolute atomic E-state index is 11.9. The Morgan fingerprint density at radius 3 is 2.72 bits per heavy atom. The number of nitrogens with zero attached hydrogens (tertiary/aromatic N) is 1. The van der Waals surface area contributed by atoms with Crippen LogP contribution in [0.4, 0.5) is 0 Å². The van der Waals surface area contributed by atoms with Crippen LogP contribution in [0.1, 0.15) is 25.7 Å². The molecule has 104 valence electrons. The standard InChI is InChI=1S/C11H19ClN2O3S/c12-7-11(15)13-8-9-3-1-4-10(9)14-5-2-6-18(14,16)17/h9-10H,1-8H2,(H,13,15). The number of carbonyl (C=O) groups excluding carboxylic acids is 1. The molecule has 1 amide bonds. The molecule has 0 aromatic heterocycles. The molecule has 2 atom stereocenters. The molecule has 0 radical (unpaired) electrons. The van der Waals surface area contributed by atoms with E-state index in [9.17, 15) is 13.2 Å². The monoisotopic (exact) mass is 294 g/mol. The van der Waals surface area contributed by atoms with Gasteiger partial charge in [-0.3, -0.25) is 4.79 Å². The number of hydrogen-bond donors (Lipinski definition) is 1. The minimum Gasteiger partial charge on any atom is -0.355 e. The Morgan fingerprint density at radius 1 is 1.33 bits per heavy atom. The van der Waals surface area contributed by atoms with E-state index in [4.69, 9.17) is 11.6 Å². The van der Waals surface area contributed by atoms with E-state index >= 15 is 0 Å². The topological polar surface area (TPSA) is 66.5 Å². The average Bonchev–Trinajstić information content (AvgIpc) is 2.91. The molecule has 2 aliphatic rings. The highest BCUT2D eigenvalue weighted by atomic mass is 35.5. The summed E-state index contributed by atoms with van der Waals surface area (Å²) < 4.78 is 25.5. The Bertz CT molecular complexity index is 413. The Kier molecular flexibility index (Phi) is 4.50. The molecule has 2 rings (SSSR count). The maximum Gasteiger partial charge on any atom is 0.234 e. The molecule has 1 saturated heterocycles. The van der Waals surface area contributed by atoms with Crippen LogP contribution in [0, 0.1) is 5.92 Å². The second kappa shape index (κ2) is 5.75. The summed E-state index contributed by atoms with van der Waals surface area (Å²) in [7, 11) is -3.05. The van der Waals surface area contributed by atoms with Crippen molar-refractivity contribution in [3.8, 4) is 0 Å². The minimum atomic E-state index is -3.05. The molecule has 5 nitrogen and oxygen atoms in total. The molecule has 2 fully saturated rings. The van der Waals surface area contributed by atoms with Crippen LogP contribution in [0.2, 0.25) is 0 Å². The lowest BCUT2D eigenvalue weighted by Gasteiger charge is -2.28. The van der Waals surface area contributed by atoms with Crippen molar-refractivity contribution < 1.29 is 13.2 Å². The van der Waals surface area contributed by atoms with Gasteiger partial charge in [-0.15, -0.1) is 11.6 Å². The Balaban J connectivity index is 1.97. The van der Waals surface area contributed by atoms with Gasteiger partial charge < -0.3 is 5.32 Å². The zero-order chi connectivity index (χ0) is 13.2. The lowest BCUT2D eigenvalue weighted by Crippen LogP contribution is -2.43. The van der Waals surface area contributed by atoms with Gasteiger partial charge in [-0.05, 0) is 25.2 Å².